The number of hydrogen-bond acceptors (Lipinski definition) is 7. The molecule has 9 heteroatoms. The summed E-state index contributed by atoms with van der Waals surface area (Å²) in [5, 5.41) is 9.26. The summed E-state index contributed by atoms with van der Waals surface area (Å²) in [6.45, 7) is -0.221. The van der Waals surface area contributed by atoms with E-state index < -0.39 is 5.91 Å². The summed E-state index contributed by atoms with van der Waals surface area (Å²) in [6, 6.07) is 15.8. The average molecular weight is 419 g/mol. The third-order valence-corrected chi connectivity index (χ3v) is 4.98. The number of aromatic nitrogens is 4. The van der Waals surface area contributed by atoms with Gasteiger partial charge in [0.2, 0.25) is 5.91 Å². The van der Waals surface area contributed by atoms with Gasteiger partial charge in [0, 0.05) is 23.2 Å². The van der Waals surface area contributed by atoms with E-state index in [4.69, 9.17) is 4.74 Å². The molecule has 0 fully saturated rings. The quantitative estimate of drug-likeness (QED) is 0.516. The summed E-state index contributed by atoms with van der Waals surface area (Å²) in [5.41, 5.74) is 2.42. The maximum Gasteiger partial charge on any atom is 0.267 e. The van der Waals surface area contributed by atoms with E-state index in [1.54, 1.807) is 31.5 Å². The zero-order chi connectivity index (χ0) is 20.9. The second-order valence-electron chi connectivity index (χ2n) is 6.24. The maximum absolute atomic E-state index is 12.4. The van der Waals surface area contributed by atoms with Gasteiger partial charge >= 0.3 is 0 Å². The van der Waals surface area contributed by atoms with E-state index >= 15 is 0 Å². The molecule has 0 unspecified atom stereocenters. The van der Waals surface area contributed by atoms with Crippen molar-refractivity contribution < 1.29 is 9.53 Å². The highest BCUT2D eigenvalue weighted by Crippen LogP contribution is 2.23. The van der Waals surface area contributed by atoms with E-state index in [9.17, 15) is 9.59 Å². The molecule has 0 spiro atoms. The van der Waals surface area contributed by atoms with E-state index in [0.717, 1.165) is 21.7 Å². The Morgan fingerprint density at radius 2 is 1.90 bits per heavy atom. The van der Waals surface area contributed by atoms with Gasteiger partial charge in [-0.15, -0.1) is 11.3 Å². The third-order valence-electron chi connectivity index (χ3n) is 4.22. The number of benzene rings is 1. The van der Waals surface area contributed by atoms with E-state index in [1.165, 1.54) is 17.4 Å². The van der Waals surface area contributed by atoms with E-state index in [-0.39, 0.29) is 12.1 Å². The minimum atomic E-state index is -0.390. The summed E-state index contributed by atoms with van der Waals surface area (Å²) in [5.74, 6) is 0.332. The molecule has 0 bridgehead atoms. The second-order valence-corrected chi connectivity index (χ2v) is 7.10. The number of thiazole rings is 1. The molecule has 0 atom stereocenters. The summed E-state index contributed by atoms with van der Waals surface area (Å²) in [6.07, 6.45) is 1.68. The monoisotopic (exact) mass is 419 g/mol. The van der Waals surface area contributed by atoms with Crippen molar-refractivity contribution in [3.8, 4) is 28.4 Å². The summed E-state index contributed by atoms with van der Waals surface area (Å²) in [7, 11) is 1.59. The molecule has 1 aromatic carbocycles. The van der Waals surface area contributed by atoms with Crippen molar-refractivity contribution in [2.45, 2.75) is 6.54 Å². The average Bonchev–Trinajstić information content (AvgIpc) is 3.24. The molecule has 0 saturated carbocycles. The molecule has 0 aliphatic carbocycles. The molecule has 3 aromatic heterocycles. The zero-order valence-corrected chi connectivity index (χ0v) is 16.8. The predicted octanol–water partition coefficient (Wildman–Crippen LogP) is 3.08. The third kappa shape index (κ3) is 4.41. The number of rotatable bonds is 6. The molecular weight excluding hydrogens is 402 g/mol. The number of pyridine rings is 1. The molecule has 30 heavy (non-hydrogen) atoms. The van der Waals surface area contributed by atoms with Gasteiger partial charge in [-0.05, 0) is 42.5 Å². The van der Waals surface area contributed by atoms with Crippen LogP contribution < -0.4 is 15.6 Å². The Morgan fingerprint density at radius 1 is 1.07 bits per heavy atom. The number of nitrogens with one attached hydrogen (secondary N) is 1. The molecule has 0 aliphatic rings. The van der Waals surface area contributed by atoms with Crippen molar-refractivity contribution in [1.82, 2.24) is 19.7 Å². The molecule has 4 aromatic rings. The molecule has 0 aliphatic heterocycles. The largest absolute Gasteiger partial charge is 0.497 e. The molecule has 1 amide bonds. The Hall–Kier alpha value is -3.85. The number of carbonyl (C=O) groups is 1. The number of ether oxygens (including phenoxy) is 1. The number of carbonyl (C=O) groups excluding carboxylic acids is 1. The fraction of sp³-hybridized carbons (Fsp3) is 0.0952. The topological polar surface area (TPSA) is 99.0 Å². The molecule has 8 nitrogen and oxygen atoms in total. The fourth-order valence-corrected chi connectivity index (χ4v) is 3.46. The molecule has 0 radical (unpaired) electrons. The van der Waals surface area contributed by atoms with Gasteiger partial charge in [-0.25, -0.2) is 9.67 Å². The van der Waals surface area contributed by atoms with Crippen molar-refractivity contribution in [1.29, 1.82) is 0 Å². The van der Waals surface area contributed by atoms with Crippen LogP contribution in [0.3, 0.4) is 0 Å². The van der Waals surface area contributed by atoms with Gasteiger partial charge in [-0.2, -0.15) is 5.10 Å². The van der Waals surface area contributed by atoms with Crippen molar-refractivity contribution in [2.75, 3.05) is 12.4 Å². The number of anilines is 1. The van der Waals surface area contributed by atoms with Crippen molar-refractivity contribution in [3.05, 3.63) is 76.5 Å². The Kier molecular flexibility index (Phi) is 5.62. The first-order valence-electron chi connectivity index (χ1n) is 9.02. The Labute approximate surface area is 175 Å². The van der Waals surface area contributed by atoms with Crippen molar-refractivity contribution in [2.24, 2.45) is 0 Å². The minimum Gasteiger partial charge on any atom is -0.497 e. The molecule has 4 rings (SSSR count). The van der Waals surface area contributed by atoms with Crippen LogP contribution in [0.4, 0.5) is 5.13 Å². The van der Waals surface area contributed by atoms with Gasteiger partial charge < -0.3 is 10.1 Å². The number of amides is 1. The van der Waals surface area contributed by atoms with Crippen LogP contribution in [0.25, 0.3) is 22.6 Å². The Morgan fingerprint density at radius 3 is 2.63 bits per heavy atom. The fourth-order valence-electron chi connectivity index (χ4n) is 2.74. The van der Waals surface area contributed by atoms with E-state index in [1.807, 2.05) is 35.7 Å². The van der Waals surface area contributed by atoms with E-state index in [2.05, 4.69) is 20.4 Å². The SMILES string of the molecule is COc1ccc(-c2ccc(=O)n(CC(=O)Nc3nc(-c4ccccn4)cs3)n2)cc1. The molecule has 3 heterocycles. The van der Waals surface area contributed by atoms with E-state index in [0.29, 0.717) is 16.5 Å². The normalized spacial score (nSPS) is 10.6. The van der Waals surface area contributed by atoms with Gasteiger partial charge in [-0.3, -0.25) is 14.6 Å². The first kappa shape index (κ1) is 19.5. The van der Waals surface area contributed by atoms with Gasteiger partial charge in [0.05, 0.1) is 18.5 Å². The predicted molar refractivity (Wildman–Crippen MR) is 114 cm³/mol. The zero-order valence-electron chi connectivity index (χ0n) is 16.0. The smallest absolute Gasteiger partial charge is 0.267 e. The van der Waals surface area contributed by atoms with Crippen LogP contribution >= 0.6 is 11.3 Å². The lowest BCUT2D eigenvalue weighted by molar-refractivity contribution is -0.117. The first-order valence-corrected chi connectivity index (χ1v) is 9.90. The van der Waals surface area contributed by atoms with Gasteiger partial charge in [0.15, 0.2) is 5.13 Å². The van der Waals surface area contributed by atoms with Crippen LogP contribution in [0, 0.1) is 0 Å². The van der Waals surface area contributed by atoms with Gasteiger partial charge in [-0.1, -0.05) is 6.07 Å². The summed E-state index contributed by atoms with van der Waals surface area (Å²) >= 11 is 1.29. The molecule has 0 saturated heterocycles. The second kappa shape index (κ2) is 8.66. The molecular formula is C21H17N5O3S. The summed E-state index contributed by atoms with van der Waals surface area (Å²) in [4.78, 5) is 33.2. The molecule has 1 N–H and O–H groups in total. The van der Waals surface area contributed by atoms with Gasteiger partial charge in [0.1, 0.15) is 18.0 Å². The lowest BCUT2D eigenvalue weighted by Crippen LogP contribution is -2.29. The first-order chi connectivity index (χ1) is 14.6. The van der Waals surface area contributed by atoms with Gasteiger partial charge in [0.25, 0.3) is 5.56 Å². The number of methoxy groups -OCH3 is 1. The standard InChI is InChI=1S/C21H17N5O3S/c1-29-15-7-5-14(6-8-15)16-9-10-20(28)26(25-16)12-19(27)24-21-23-18(13-30-21)17-4-2-3-11-22-17/h2-11,13H,12H2,1H3,(H,23,24,27). The minimum absolute atomic E-state index is 0.221. The lowest BCUT2D eigenvalue weighted by Gasteiger charge is -2.07. The lowest BCUT2D eigenvalue weighted by atomic mass is 10.1. The van der Waals surface area contributed by atoms with Crippen molar-refractivity contribution in [3.63, 3.8) is 0 Å². The highest BCUT2D eigenvalue weighted by molar-refractivity contribution is 7.14. The van der Waals surface area contributed by atoms with Crippen LogP contribution in [-0.4, -0.2) is 32.8 Å². The van der Waals surface area contributed by atoms with Crippen LogP contribution in [0.1, 0.15) is 0 Å². The Bertz CT molecular complexity index is 1220. The Balaban J connectivity index is 1.48. The highest BCUT2D eigenvalue weighted by atomic mass is 32.1. The highest BCUT2D eigenvalue weighted by Gasteiger charge is 2.11. The molecule has 150 valence electrons. The van der Waals surface area contributed by atoms with Crippen LogP contribution in [0.5, 0.6) is 5.75 Å². The number of hydrogen-bond donors (Lipinski definition) is 1. The van der Waals surface area contributed by atoms with Crippen molar-refractivity contribution >= 4 is 22.4 Å². The maximum atomic E-state index is 12.4. The number of nitrogens with zero attached hydrogens (tertiary/aromatic N) is 4. The summed E-state index contributed by atoms with van der Waals surface area (Å²) < 4.78 is 6.28. The van der Waals surface area contributed by atoms with Crippen LogP contribution in [0.2, 0.25) is 0 Å². The van der Waals surface area contributed by atoms with Crippen LogP contribution in [-0.2, 0) is 11.3 Å². The van der Waals surface area contributed by atoms with Crippen LogP contribution in [0.15, 0.2) is 71.0 Å².